The standard InChI is InChI=1S/C10H6Br2FNO4S3/c11-9-5-8(10(12)19-9)21(17,18)14-6-3-1-2-4-7(6)20(13,15)16/h1-5,14H. The van der Waals surface area contributed by atoms with Crippen LogP contribution in [0.5, 0.6) is 0 Å². The minimum absolute atomic E-state index is 0.0783. The molecule has 2 aromatic rings. The zero-order valence-corrected chi connectivity index (χ0v) is 15.5. The van der Waals surface area contributed by atoms with Crippen molar-refractivity contribution in [2.45, 2.75) is 9.79 Å². The van der Waals surface area contributed by atoms with Crippen molar-refractivity contribution in [3.8, 4) is 0 Å². The van der Waals surface area contributed by atoms with Gasteiger partial charge in [0.05, 0.1) is 13.3 Å². The van der Waals surface area contributed by atoms with Crippen LogP contribution in [0.3, 0.4) is 0 Å². The molecule has 1 N–H and O–H groups in total. The molecule has 0 saturated carbocycles. The molecule has 11 heteroatoms. The molecule has 0 unspecified atom stereocenters. The van der Waals surface area contributed by atoms with Gasteiger partial charge in [0.15, 0.2) is 0 Å². The molecule has 0 aliphatic rings. The van der Waals surface area contributed by atoms with Gasteiger partial charge in [0.2, 0.25) is 0 Å². The average Bonchev–Trinajstić information content (AvgIpc) is 2.68. The summed E-state index contributed by atoms with van der Waals surface area (Å²) in [7, 11) is -9.09. The predicted octanol–water partition coefficient (Wildman–Crippen LogP) is 3.73. The van der Waals surface area contributed by atoms with Crippen LogP contribution in [0.25, 0.3) is 0 Å². The van der Waals surface area contributed by atoms with E-state index in [1.165, 1.54) is 24.3 Å². The smallest absolute Gasteiger partial charge is 0.278 e. The Balaban J connectivity index is 2.50. The van der Waals surface area contributed by atoms with Crippen molar-refractivity contribution >= 4 is 69.1 Å². The van der Waals surface area contributed by atoms with E-state index in [1.807, 2.05) is 0 Å². The summed E-state index contributed by atoms with van der Waals surface area (Å²) >= 11 is 7.39. The van der Waals surface area contributed by atoms with Gasteiger partial charge in [-0.3, -0.25) is 4.72 Å². The molecule has 114 valence electrons. The number of rotatable bonds is 4. The normalized spacial score (nSPS) is 12.3. The van der Waals surface area contributed by atoms with Gasteiger partial charge in [0, 0.05) is 0 Å². The number of hydrogen-bond acceptors (Lipinski definition) is 5. The van der Waals surface area contributed by atoms with Crippen LogP contribution in [-0.4, -0.2) is 16.8 Å². The zero-order valence-electron chi connectivity index (χ0n) is 9.88. The molecule has 1 aromatic carbocycles. The molecule has 0 amide bonds. The van der Waals surface area contributed by atoms with Crippen molar-refractivity contribution in [3.63, 3.8) is 0 Å². The number of sulfonamides is 1. The molecule has 0 aliphatic carbocycles. The molecule has 0 spiro atoms. The van der Waals surface area contributed by atoms with Crippen LogP contribution in [0.2, 0.25) is 0 Å². The van der Waals surface area contributed by atoms with E-state index in [9.17, 15) is 20.7 Å². The van der Waals surface area contributed by atoms with Gasteiger partial charge >= 0.3 is 10.2 Å². The van der Waals surface area contributed by atoms with Gasteiger partial charge in [-0.25, -0.2) is 8.42 Å². The Morgan fingerprint density at radius 2 is 1.67 bits per heavy atom. The Bertz CT molecular complexity index is 893. The molecule has 0 saturated heterocycles. The highest BCUT2D eigenvalue weighted by Crippen LogP contribution is 2.36. The third-order valence-corrected chi connectivity index (χ3v) is 7.31. The summed E-state index contributed by atoms with van der Waals surface area (Å²) in [5.41, 5.74) is -0.353. The zero-order chi connectivity index (χ0) is 15.8. The van der Waals surface area contributed by atoms with E-state index in [4.69, 9.17) is 0 Å². The lowest BCUT2D eigenvalue weighted by Crippen LogP contribution is -2.14. The predicted molar refractivity (Wildman–Crippen MR) is 85.3 cm³/mol. The molecule has 0 aliphatic heterocycles. The maximum atomic E-state index is 13.2. The third kappa shape index (κ3) is 3.83. The Morgan fingerprint density at radius 1 is 1.05 bits per heavy atom. The number of halogens is 3. The van der Waals surface area contributed by atoms with Crippen LogP contribution < -0.4 is 4.72 Å². The number of hydrogen-bond donors (Lipinski definition) is 1. The molecule has 21 heavy (non-hydrogen) atoms. The fraction of sp³-hybridized carbons (Fsp3) is 0. The minimum atomic E-state index is -5.04. The molecular weight excluding hydrogens is 473 g/mol. The van der Waals surface area contributed by atoms with Gasteiger partial charge < -0.3 is 0 Å². The van der Waals surface area contributed by atoms with Crippen molar-refractivity contribution in [3.05, 3.63) is 37.9 Å². The Kier molecular flexibility index (Phi) is 4.78. The second-order valence-corrected chi connectivity index (χ2v) is 10.4. The first kappa shape index (κ1) is 16.9. The van der Waals surface area contributed by atoms with E-state index in [0.29, 0.717) is 7.57 Å². The quantitative estimate of drug-likeness (QED) is 0.679. The summed E-state index contributed by atoms with van der Waals surface area (Å²) < 4.78 is 62.7. The van der Waals surface area contributed by atoms with E-state index >= 15 is 0 Å². The van der Waals surface area contributed by atoms with Crippen molar-refractivity contribution in [1.82, 2.24) is 0 Å². The Morgan fingerprint density at radius 3 is 2.19 bits per heavy atom. The number of benzene rings is 1. The van der Waals surface area contributed by atoms with Gasteiger partial charge in [-0.15, -0.1) is 15.2 Å². The monoisotopic (exact) mass is 477 g/mol. The molecule has 0 fully saturated rings. The van der Waals surface area contributed by atoms with Crippen LogP contribution >= 0.6 is 43.2 Å². The maximum Gasteiger partial charge on any atom is 0.334 e. The molecule has 2 rings (SSSR count). The molecule has 1 aromatic heterocycles. The summed E-state index contributed by atoms with van der Waals surface area (Å²) in [6.07, 6.45) is 0. The second-order valence-electron chi connectivity index (χ2n) is 3.73. The van der Waals surface area contributed by atoms with E-state index in [0.717, 1.165) is 17.4 Å². The molecular formula is C10H6Br2FNO4S3. The molecule has 0 radical (unpaired) electrons. The second kappa shape index (κ2) is 5.95. The van der Waals surface area contributed by atoms with E-state index in [1.54, 1.807) is 0 Å². The summed E-state index contributed by atoms with van der Waals surface area (Å²) in [6.45, 7) is 0. The number of para-hydroxylation sites is 1. The van der Waals surface area contributed by atoms with E-state index < -0.39 is 25.1 Å². The highest BCUT2D eigenvalue weighted by atomic mass is 79.9. The fourth-order valence-corrected chi connectivity index (χ4v) is 7.05. The first-order chi connectivity index (χ1) is 9.61. The number of anilines is 1. The molecule has 0 atom stereocenters. The molecule has 5 nitrogen and oxygen atoms in total. The first-order valence-electron chi connectivity index (χ1n) is 5.12. The SMILES string of the molecule is O=S(=O)(F)c1ccccc1NS(=O)(=O)c1cc(Br)sc1Br. The van der Waals surface area contributed by atoms with Gasteiger partial charge in [0.1, 0.15) is 9.79 Å². The van der Waals surface area contributed by atoms with Crippen LogP contribution in [-0.2, 0) is 20.2 Å². The van der Waals surface area contributed by atoms with Crippen LogP contribution in [0.15, 0.2) is 47.7 Å². The summed E-state index contributed by atoms with van der Waals surface area (Å²) in [5, 5.41) is 0. The minimum Gasteiger partial charge on any atom is -0.278 e. The van der Waals surface area contributed by atoms with Gasteiger partial charge in [-0.1, -0.05) is 12.1 Å². The van der Waals surface area contributed by atoms with Crippen molar-refractivity contribution in [2.75, 3.05) is 4.72 Å². The third-order valence-electron chi connectivity index (χ3n) is 2.31. The number of nitrogens with one attached hydrogen (secondary N) is 1. The maximum absolute atomic E-state index is 13.2. The van der Waals surface area contributed by atoms with E-state index in [2.05, 4.69) is 36.6 Å². The summed E-state index contributed by atoms with van der Waals surface area (Å²) in [4.78, 5) is -0.815. The van der Waals surface area contributed by atoms with Gasteiger partial charge in [-0.2, -0.15) is 8.42 Å². The lowest BCUT2D eigenvalue weighted by atomic mass is 10.3. The fourth-order valence-electron chi connectivity index (χ4n) is 1.47. The topological polar surface area (TPSA) is 80.3 Å². The number of thiophene rings is 1. The van der Waals surface area contributed by atoms with Crippen LogP contribution in [0.4, 0.5) is 9.57 Å². The summed E-state index contributed by atoms with van der Waals surface area (Å²) in [6, 6.07) is 6.18. The highest BCUT2D eigenvalue weighted by molar-refractivity contribution is 9.12. The van der Waals surface area contributed by atoms with Crippen molar-refractivity contribution in [2.24, 2.45) is 0 Å². The lowest BCUT2D eigenvalue weighted by molar-refractivity contribution is 0.552. The van der Waals surface area contributed by atoms with Crippen molar-refractivity contribution in [1.29, 1.82) is 0 Å². The first-order valence-corrected chi connectivity index (χ1v) is 10.4. The van der Waals surface area contributed by atoms with Gasteiger partial charge in [0.25, 0.3) is 10.0 Å². The molecule has 0 bridgehead atoms. The Hall–Kier alpha value is -0.490. The van der Waals surface area contributed by atoms with Gasteiger partial charge in [-0.05, 0) is 50.1 Å². The molecule has 1 heterocycles. The van der Waals surface area contributed by atoms with Crippen LogP contribution in [0, 0.1) is 0 Å². The Labute approximate surface area is 141 Å². The van der Waals surface area contributed by atoms with Crippen LogP contribution in [0.1, 0.15) is 0 Å². The van der Waals surface area contributed by atoms with E-state index in [-0.39, 0.29) is 10.6 Å². The largest absolute Gasteiger partial charge is 0.334 e. The average molecular weight is 479 g/mol. The summed E-state index contributed by atoms with van der Waals surface area (Å²) in [5.74, 6) is 0. The highest BCUT2D eigenvalue weighted by Gasteiger charge is 2.24. The van der Waals surface area contributed by atoms with Crippen molar-refractivity contribution < 1.29 is 20.7 Å². The lowest BCUT2D eigenvalue weighted by Gasteiger charge is -2.09.